The van der Waals surface area contributed by atoms with E-state index >= 15 is 0 Å². The standard InChI is InChI=1S/C18H36N2/c1-13-8-10-18(11-9-13,20(4)5)17(19)16-7-6-14(2)15(3)12-16/h13-17H,6-12,19H2,1-5H3. The van der Waals surface area contributed by atoms with Crippen LogP contribution in [0.3, 0.4) is 0 Å². The van der Waals surface area contributed by atoms with Crippen LogP contribution in [0.5, 0.6) is 0 Å². The Kier molecular flexibility index (Phi) is 5.18. The number of hydrogen-bond acceptors (Lipinski definition) is 2. The molecule has 0 saturated heterocycles. The summed E-state index contributed by atoms with van der Waals surface area (Å²) < 4.78 is 0. The first-order valence-electron chi connectivity index (χ1n) is 8.80. The van der Waals surface area contributed by atoms with E-state index in [1.165, 1.54) is 44.9 Å². The normalized spacial score (nSPS) is 44.5. The van der Waals surface area contributed by atoms with E-state index in [1.807, 2.05) is 0 Å². The van der Waals surface area contributed by atoms with Crippen molar-refractivity contribution in [3.8, 4) is 0 Å². The van der Waals surface area contributed by atoms with E-state index in [4.69, 9.17) is 5.73 Å². The molecule has 20 heavy (non-hydrogen) atoms. The molecule has 2 fully saturated rings. The number of rotatable bonds is 3. The van der Waals surface area contributed by atoms with Gasteiger partial charge in [-0.15, -0.1) is 0 Å². The van der Waals surface area contributed by atoms with Crippen molar-refractivity contribution < 1.29 is 0 Å². The summed E-state index contributed by atoms with van der Waals surface area (Å²) in [7, 11) is 4.51. The van der Waals surface area contributed by atoms with Crippen molar-refractivity contribution in [3.63, 3.8) is 0 Å². The zero-order chi connectivity index (χ0) is 14.9. The molecule has 2 rings (SSSR count). The molecule has 0 bridgehead atoms. The summed E-state index contributed by atoms with van der Waals surface area (Å²) in [5, 5.41) is 0. The van der Waals surface area contributed by atoms with Gasteiger partial charge in [0, 0.05) is 11.6 Å². The molecule has 2 saturated carbocycles. The van der Waals surface area contributed by atoms with Crippen molar-refractivity contribution in [3.05, 3.63) is 0 Å². The van der Waals surface area contributed by atoms with Gasteiger partial charge in [-0.3, -0.25) is 0 Å². The first kappa shape index (κ1) is 16.3. The van der Waals surface area contributed by atoms with Gasteiger partial charge in [-0.1, -0.05) is 27.2 Å². The minimum absolute atomic E-state index is 0.261. The van der Waals surface area contributed by atoms with E-state index < -0.39 is 0 Å². The summed E-state index contributed by atoms with van der Waals surface area (Å²) in [4.78, 5) is 2.46. The molecule has 0 aromatic carbocycles. The summed E-state index contributed by atoms with van der Waals surface area (Å²) in [6, 6.07) is 0.361. The zero-order valence-corrected chi connectivity index (χ0v) is 14.4. The summed E-state index contributed by atoms with van der Waals surface area (Å²) >= 11 is 0. The lowest BCUT2D eigenvalue weighted by Gasteiger charge is -2.52. The Morgan fingerprint density at radius 2 is 1.55 bits per heavy atom. The molecule has 118 valence electrons. The first-order chi connectivity index (χ1) is 9.36. The number of nitrogens with zero attached hydrogens (tertiary/aromatic N) is 1. The van der Waals surface area contributed by atoms with Gasteiger partial charge < -0.3 is 10.6 Å². The van der Waals surface area contributed by atoms with Crippen molar-refractivity contribution in [1.82, 2.24) is 4.90 Å². The van der Waals surface area contributed by atoms with Gasteiger partial charge in [-0.2, -0.15) is 0 Å². The Morgan fingerprint density at radius 3 is 2.05 bits per heavy atom. The predicted molar refractivity (Wildman–Crippen MR) is 87.7 cm³/mol. The number of likely N-dealkylation sites (N-methyl/N-ethyl adjacent to an activating group) is 1. The van der Waals surface area contributed by atoms with Gasteiger partial charge in [-0.05, 0) is 76.3 Å². The molecule has 0 aromatic heterocycles. The third kappa shape index (κ3) is 3.06. The molecule has 0 radical (unpaired) electrons. The molecule has 4 atom stereocenters. The molecule has 0 amide bonds. The average molecular weight is 281 g/mol. The highest BCUT2D eigenvalue weighted by Crippen LogP contribution is 2.43. The predicted octanol–water partition coefficient (Wildman–Crippen LogP) is 3.90. The summed E-state index contributed by atoms with van der Waals surface area (Å²) in [5.41, 5.74) is 7.13. The Hall–Kier alpha value is -0.0800. The third-order valence-electron chi connectivity index (χ3n) is 6.80. The van der Waals surface area contributed by atoms with E-state index in [0.717, 1.165) is 23.7 Å². The first-order valence-corrected chi connectivity index (χ1v) is 8.80. The van der Waals surface area contributed by atoms with Crippen LogP contribution in [0.2, 0.25) is 0 Å². The molecule has 0 aromatic rings. The fourth-order valence-corrected chi connectivity index (χ4v) is 4.69. The lowest BCUT2D eigenvalue weighted by molar-refractivity contribution is 0.0197. The minimum atomic E-state index is 0.261. The Balaban J connectivity index is 2.09. The molecular weight excluding hydrogens is 244 g/mol. The molecule has 2 heteroatoms. The van der Waals surface area contributed by atoms with Crippen LogP contribution in [0.25, 0.3) is 0 Å². The van der Waals surface area contributed by atoms with Crippen molar-refractivity contribution in [2.75, 3.05) is 14.1 Å². The lowest BCUT2D eigenvalue weighted by Crippen LogP contribution is -2.62. The van der Waals surface area contributed by atoms with Crippen LogP contribution in [0.4, 0.5) is 0 Å². The van der Waals surface area contributed by atoms with Crippen LogP contribution in [0.1, 0.15) is 65.7 Å². The van der Waals surface area contributed by atoms with Crippen molar-refractivity contribution in [1.29, 1.82) is 0 Å². The smallest absolute Gasteiger partial charge is 0.0357 e. The van der Waals surface area contributed by atoms with E-state index in [2.05, 4.69) is 39.8 Å². The monoisotopic (exact) mass is 280 g/mol. The average Bonchev–Trinajstić information content (AvgIpc) is 2.42. The molecule has 2 aliphatic carbocycles. The quantitative estimate of drug-likeness (QED) is 0.849. The van der Waals surface area contributed by atoms with Crippen LogP contribution < -0.4 is 5.73 Å². The van der Waals surface area contributed by atoms with E-state index in [1.54, 1.807) is 0 Å². The lowest BCUT2D eigenvalue weighted by atomic mass is 9.64. The van der Waals surface area contributed by atoms with Crippen LogP contribution >= 0.6 is 0 Å². The van der Waals surface area contributed by atoms with Crippen LogP contribution in [0.15, 0.2) is 0 Å². The van der Waals surface area contributed by atoms with E-state index in [9.17, 15) is 0 Å². The Labute approximate surface area is 126 Å². The summed E-state index contributed by atoms with van der Waals surface area (Å²) in [6.45, 7) is 7.24. The highest BCUT2D eigenvalue weighted by Gasteiger charge is 2.45. The van der Waals surface area contributed by atoms with Crippen LogP contribution in [0, 0.1) is 23.7 Å². The SMILES string of the molecule is CC1CCC(C(N)C2CCC(C)C(C)C2)(N(C)C)CC1. The van der Waals surface area contributed by atoms with Gasteiger partial charge in [0.2, 0.25) is 0 Å². The zero-order valence-electron chi connectivity index (χ0n) is 14.4. The van der Waals surface area contributed by atoms with Crippen molar-refractivity contribution in [2.45, 2.75) is 77.3 Å². The molecule has 2 nitrogen and oxygen atoms in total. The van der Waals surface area contributed by atoms with Crippen LogP contribution in [-0.4, -0.2) is 30.6 Å². The summed E-state index contributed by atoms with van der Waals surface area (Å²) in [6.07, 6.45) is 9.35. The Morgan fingerprint density at radius 1 is 0.950 bits per heavy atom. The summed E-state index contributed by atoms with van der Waals surface area (Å²) in [5.74, 6) is 3.36. The fraction of sp³-hybridized carbons (Fsp3) is 1.00. The van der Waals surface area contributed by atoms with Crippen molar-refractivity contribution >= 4 is 0 Å². The van der Waals surface area contributed by atoms with E-state index in [0.29, 0.717) is 6.04 Å². The minimum Gasteiger partial charge on any atom is -0.326 e. The largest absolute Gasteiger partial charge is 0.326 e. The second-order valence-electron chi connectivity index (χ2n) is 8.23. The third-order valence-corrected chi connectivity index (χ3v) is 6.80. The van der Waals surface area contributed by atoms with Gasteiger partial charge in [0.05, 0.1) is 0 Å². The maximum Gasteiger partial charge on any atom is 0.0357 e. The fourth-order valence-electron chi connectivity index (χ4n) is 4.69. The second-order valence-corrected chi connectivity index (χ2v) is 8.23. The number of hydrogen-bond donors (Lipinski definition) is 1. The van der Waals surface area contributed by atoms with Crippen LogP contribution in [-0.2, 0) is 0 Å². The second kappa shape index (κ2) is 6.36. The van der Waals surface area contributed by atoms with Gasteiger partial charge in [-0.25, -0.2) is 0 Å². The molecular formula is C18H36N2. The molecule has 0 aliphatic heterocycles. The van der Waals surface area contributed by atoms with Gasteiger partial charge in [0.1, 0.15) is 0 Å². The molecule has 2 N–H and O–H groups in total. The maximum absolute atomic E-state index is 6.87. The van der Waals surface area contributed by atoms with Gasteiger partial charge in [0.15, 0.2) is 0 Å². The number of nitrogens with two attached hydrogens (primary N) is 1. The highest BCUT2D eigenvalue weighted by molar-refractivity contribution is 5.03. The maximum atomic E-state index is 6.87. The molecule has 0 spiro atoms. The Bertz CT molecular complexity index is 305. The topological polar surface area (TPSA) is 29.3 Å². The molecule has 0 heterocycles. The van der Waals surface area contributed by atoms with Gasteiger partial charge >= 0.3 is 0 Å². The molecule has 2 aliphatic rings. The van der Waals surface area contributed by atoms with E-state index in [-0.39, 0.29) is 5.54 Å². The molecule has 4 unspecified atom stereocenters. The highest BCUT2D eigenvalue weighted by atomic mass is 15.2. The van der Waals surface area contributed by atoms with Gasteiger partial charge in [0.25, 0.3) is 0 Å². The van der Waals surface area contributed by atoms with Crippen molar-refractivity contribution in [2.24, 2.45) is 29.4 Å².